The van der Waals surface area contributed by atoms with E-state index >= 15 is 0 Å². The zero-order valence-corrected chi connectivity index (χ0v) is 17.7. The van der Waals surface area contributed by atoms with Gasteiger partial charge in [-0.05, 0) is 75.2 Å². The molecule has 2 aromatic carbocycles. The molecule has 0 saturated heterocycles. The fourth-order valence-electron chi connectivity index (χ4n) is 3.25. The van der Waals surface area contributed by atoms with Crippen LogP contribution < -0.4 is 9.62 Å². The molecule has 0 aromatic heterocycles. The number of carbonyl (C=O) groups excluding carboxylic acids is 2. The maximum atomic E-state index is 12.9. The molecule has 0 atom stereocenters. The highest BCUT2D eigenvalue weighted by Crippen LogP contribution is 2.30. The number of esters is 1. The van der Waals surface area contributed by atoms with E-state index in [0.717, 1.165) is 11.3 Å². The first-order valence-electron chi connectivity index (χ1n) is 9.19. The molecule has 1 N–H and O–H groups in total. The number of amides is 1. The molecule has 1 heterocycles. The minimum absolute atomic E-state index is 0.105. The van der Waals surface area contributed by atoms with Crippen molar-refractivity contribution >= 4 is 27.6 Å². The first-order chi connectivity index (χ1) is 13.5. The molecule has 1 aliphatic rings. The minimum Gasteiger partial charge on any atom is -0.465 e. The standard InChI is InChI=1S/C21H24N2O5S/c1-21(2,3)22-29(26,27)17-8-5-14(6-9-17)19(24)23-12-11-15-13-16(20(25)28-4)7-10-18(15)23/h5-10,13,22H,11-12H2,1-4H3. The number of hydrogen-bond acceptors (Lipinski definition) is 5. The van der Waals surface area contributed by atoms with E-state index in [-0.39, 0.29) is 10.8 Å². The van der Waals surface area contributed by atoms with Gasteiger partial charge in [0.1, 0.15) is 0 Å². The number of nitrogens with zero attached hydrogens (tertiary/aromatic N) is 1. The van der Waals surface area contributed by atoms with Crippen LogP contribution in [0.25, 0.3) is 0 Å². The van der Waals surface area contributed by atoms with E-state index < -0.39 is 21.5 Å². The fraction of sp³-hybridized carbons (Fsp3) is 0.333. The van der Waals surface area contributed by atoms with Gasteiger partial charge in [-0.1, -0.05) is 0 Å². The number of nitrogens with one attached hydrogen (secondary N) is 1. The summed E-state index contributed by atoms with van der Waals surface area (Å²) in [5.41, 5.74) is 1.88. The Labute approximate surface area is 170 Å². The molecular formula is C21H24N2O5S. The highest BCUT2D eigenvalue weighted by atomic mass is 32.2. The quantitative estimate of drug-likeness (QED) is 0.774. The number of anilines is 1. The fourth-order valence-corrected chi connectivity index (χ4v) is 4.67. The topological polar surface area (TPSA) is 92.8 Å². The molecule has 8 heteroatoms. The number of benzene rings is 2. The Morgan fingerprint density at radius 1 is 1.03 bits per heavy atom. The Kier molecular flexibility index (Phi) is 5.51. The van der Waals surface area contributed by atoms with Crippen molar-refractivity contribution in [3.8, 4) is 0 Å². The largest absolute Gasteiger partial charge is 0.465 e. The molecule has 0 fully saturated rings. The molecule has 0 unspecified atom stereocenters. The van der Waals surface area contributed by atoms with Gasteiger partial charge in [-0.3, -0.25) is 4.79 Å². The summed E-state index contributed by atoms with van der Waals surface area (Å²) >= 11 is 0. The Morgan fingerprint density at radius 2 is 1.66 bits per heavy atom. The average Bonchev–Trinajstić information content (AvgIpc) is 3.08. The average molecular weight is 416 g/mol. The van der Waals surface area contributed by atoms with Crippen LogP contribution in [0, 0.1) is 0 Å². The summed E-state index contributed by atoms with van der Waals surface area (Å²) in [6.45, 7) is 5.78. The Bertz CT molecular complexity index is 1050. The van der Waals surface area contributed by atoms with Crippen molar-refractivity contribution in [3.05, 3.63) is 59.2 Å². The maximum Gasteiger partial charge on any atom is 0.337 e. The van der Waals surface area contributed by atoms with Gasteiger partial charge in [0, 0.05) is 23.3 Å². The van der Waals surface area contributed by atoms with Crippen LogP contribution in [0.15, 0.2) is 47.4 Å². The van der Waals surface area contributed by atoms with Crippen LogP contribution in [0.5, 0.6) is 0 Å². The Morgan fingerprint density at radius 3 is 2.24 bits per heavy atom. The van der Waals surface area contributed by atoms with Crippen LogP contribution in [0.1, 0.15) is 47.1 Å². The summed E-state index contributed by atoms with van der Waals surface area (Å²) in [4.78, 5) is 26.4. The third kappa shape index (κ3) is 4.49. The summed E-state index contributed by atoms with van der Waals surface area (Å²) in [5.74, 6) is -0.638. The van der Waals surface area contributed by atoms with Gasteiger partial charge in [-0.2, -0.15) is 0 Å². The zero-order valence-electron chi connectivity index (χ0n) is 16.9. The van der Waals surface area contributed by atoms with E-state index in [1.165, 1.54) is 31.4 Å². The second kappa shape index (κ2) is 7.61. The summed E-state index contributed by atoms with van der Waals surface area (Å²) in [6.07, 6.45) is 0.633. The van der Waals surface area contributed by atoms with Crippen LogP contribution >= 0.6 is 0 Å². The molecule has 154 valence electrons. The lowest BCUT2D eigenvalue weighted by Crippen LogP contribution is -2.40. The van der Waals surface area contributed by atoms with Crippen molar-refractivity contribution in [2.24, 2.45) is 0 Å². The van der Waals surface area contributed by atoms with Crippen LogP contribution in [-0.4, -0.2) is 39.5 Å². The predicted molar refractivity (Wildman–Crippen MR) is 110 cm³/mol. The van der Waals surface area contributed by atoms with Crippen molar-refractivity contribution in [1.82, 2.24) is 4.72 Å². The molecule has 1 amide bonds. The Hall–Kier alpha value is -2.71. The van der Waals surface area contributed by atoms with Crippen molar-refractivity contribution in [3.63, 3.8) is 0 Å². The highest BCUT2D eigenvalue weighted by Gasteiger charge is 2.27. The molecular weight excluding hydrogens is 392 g/mol. The maximum absolute atomic E-state index is 12.9. The number of ether oxygens (including phenoxy) is 1. The number of sulfonamides is 1. The van der Waals surface area contributed by atoms with Crippen LogP contribution in [0.4, 0.5) is 5.69 Å². The molecule has 7 nitrogen and oxygen atoms in total. The van der Waals surface area contributed by atoms with Crippen LogP contribution in [-0.2, 0) is 21.2 Å². The van der Waals surface area contributed by atoms with E-state index in [1.54, 1.807) is 43.9 Å². The molecule has 3 rings (SSSR count). The van der Waals surface area contributed by atoms with Crippen molar-refractivity contribution in [2.45, 2.75) is 37.6 Å². The lowest BCUT2D eigenvalue weighted by atomic mass is 10.1. The highest BCUT2D eigenvalue weighted by molar-refractivity contribution is 7.89. The SMILES string of the molecule is COC(=O)c1ccc2c(c1)CCN2C(=O)c1ccc(S(=O)(=O)NC(C)(C)C)cc1. The number of hydrogen-bond donors (Lipinski definition) is 1. The summed E-state index contributed by atoms with van der Waals surface area (Å²) in [5, 5.41) is 0. The van der Waals surface area contributed by atoms with Crippen LogP contribution in [0.2, 0.25) is 0 Å². The number of fused-ring (bicyclic) bond motifs is 1. The molecule has 0 bridgehead atoms. The van der Waals surface area contributed by atoms with Crippen molar-refractivity contribution < 1.29 is 22.7 Å². The first kappa shape index (κ1) is 21.0. The van der Waals surface area contributed by atoms with Gasteiger partial charge in [-0.25, -0.2) is 17.9 Å². The predicted octanol–water partition coefficient (Wildman–Crippen LogP) is 2.75. The zero-order chi connectivity index (χ0) is 21.4. The molecule has 0 aliphatic carbocycles. The first-order valence-corrected chi connectivity index (χ1v) is 10.7. The van der Waals surface area contributed by atoms with Gasteiger partial charge < -0.3 is 9.64 Å². The number of carbonyl (C=O) groups is 2. The molecule has 2 aromatic rings. The molecule has 1 aliphatic heterocycles. The van der Waals surface area contributed by atoms with E-state index in [9.17, 15) is 18.0 Å². The van der Waals surface area contributed by atoms with E-state index in [0.29, 0.717) is 24.1 Å². The van der Waals surface area contributed by atoms with E-state index in [2.05, 4.69) is 4.72 Å². The third-order valence-electron chi connectivity index (χ3n) is 4.49. The molecule has 0 spiro atoms. The smallest absolute Gasteiger partial charge is 0.337 e. The van der Waals surface area contributed by atoms with Crippen LogP contribution in [0.3, 0.4) is 0 Å². The van der Waals surface area contributed by atoms with Gasteiger partial charge in [0.25, 0.3) is 5.91 Å². The summed E-state index contributed by atoms with van der Waals surface area (Å²) in [7, 11) is -2.34. The lowest BCUT2D eigenvalue weighted by Gasteiger charge is -2.21. The monoisotopic (exact) mass is 416 g/mol. The van der Waals surface area contributed by atoms with Gasteiger partial charge >= 0.3 is 5.97 Å². The second-order valence-electron chi connectivity index (χ2n) is 7.92. The Balaban J connectivity index is 1.82. The van der Waals surface area contributed by atoms with Gasteiger partial charge in [0.05, 0.1) is 17.6 Å². The molecule has 29 heavy (non-hydrogen) atoms. The minimum atomic E-state index is -3.66. The molecule has 0 radical (unpaired) electrons. The van der Waals surface area contributed by atoms with Crippen molar-refractivity contribution in [1.29, 1.82) is 0 Å². The normalized spacial score (nSPS) is 13.9. The second-order valence-corrected chi connectivity index (χ2v) is 9.60. The number of methoxy groups -OCH3 is 1. The van der Waals surface area contributed by atoms with E-state index in [1.807, 2.05) is 0 Å². The molecule has 0 saturated carbocycles. The van der Waals surface area contributed by atoms with Gasteiger partial charge in [-0.15, -0.1) is 0 Å². The van der Waals surface area contributed by atoms with Gasteiger partial charge in [0.15, 0.2) is 0 Å². The lowest BCUT2D eigenvalue weighted by molar-refractivity contribution is 0.0600. The third-order valence-corrected chi connectivity index (χ3v) is 6.27. The van der Waals surface area contributed by atoms with E-state index in [4.69, 9.17) is 4.74 Å². The summed E-state index contributed by atoms with van der Waals surface area (Å²) < 4.78 is 32.2. The van der Waals surface area contributed by atoms with Gasteiger partial charge in [0.2, 0.25) is 10.0 Å². The number of rotatable bonds is 4. The van der Waals surface area contributed by atoms with Crippen molar-refractivity contribution in [2.75, 3.05) is 18.6 Å². The summed E-state index contributed by atoms with van der Waals surface area (Å²) in [6, 6.07) is 11.0.